The fraction of sp³-hybridized carbons (Fsp3) is 0.444. The minimum Gasteiger partial charge on any atom is -0.481 e. The number of rotatable bonds is 4. The Labute approximate surface area is 149 Å². The highest BCUT2D eigenvalue weighted by Crippen LogP contribution is 2.35. The van der Waals surface area contributed by atoms with Gasteiger partial charge >= 0.3 is 5.97 Å². The van der Waals surface area contributed by atoms with Gasteiger partial charge in [-0.05, 0) is 24.5 Å². The van der Waals surface area contributed by atoms with E-state index in [1.54, 1.807) is 17.0 Å². The first kappa shape index (κ1) is 17.8. The first-order chi connectivity index (χ1) is 11.9. The highest BCUT2D eigenvalue weighted by Gasteiger charge is 2.34. The number of amides is 1. The SMILES string of the molecule is COCc1c(C(=O)N2CC(C)CC(C(=O)O)C2)sc2cccc(F)c12. The zero-order valence-electron chi connectivity index (χ0n) is 14.1. The summed E-state index contributed by atoms with van der Waals surface area (Å²) in [5.74, 6) is -1.97. The van der Waals surface area contributed by atoms with E-state index in [0.717, 1.165) is 0 Å². The van der Waals surface area contributed by atoms with Crippen LogP contribution < -0.4 is 0 Å². The van der Waals surface area contributed by atoms with Crippen LogP contribution in [0.5, 0.6) is 0 Å². The van der Waals surface area contributed by atoms with Crippen molar-refractivity contribution in [3.63, 3.8) is 0 Å². The molecule has 2 atom stereocenters. The first-order valence-electron chi connectivity index (χ1n) is 8.13. The molecule has 1 N–H and O–H groups in total. The summed E-state index contributed by atoms with van der Waals surface area (Å²) in [6.07, 6.45) is 0.561. The van der Waals surface area contributed by atoms with Crippen LogP contribution in [0.25, 0.3) is 10.1 Å². The van der Waals surface area contributed by atoms with Crippen molar-refractivity contribution in [1.82, 2.24) is 4.90 Å². The molecule has 2 heterocycles. The quantitative estimate of drug-likeness (QED) is 0.902. The van der Waals surface area contributed by atoms with Gasteiger partial charge in [-0.2, -0.15) is 0 Å². The van der Waals surface area contributed by atoms with E-state index in [-0.39, 0.29) is 30.8 Å². The lowest BCUT2D eigenvalue weighted by Crippen LogP contribution is -2.45. The fourth-order valence-electron chi connectivity index (χ4n) is 3.46. The van der Waals surface area contributed by atoms with E-state index in [2.05, 4.69) is 0 Å². The molecule has 1 saturated heterocycles. The predicted octanol–water partition coefficient (Wildman–Crippen LogP) is 3.37. The molecule has 1 amide bonds. The number of likely N-dealkylation sites (tertiary alicyclic amines) is 1. The molecular weight excluding hydrogens is 345 g/mol. The molecular formula is C18H20FNO4S. The number of aliphatic carboxylic acids is 1. The molecule has 1 aliphatic rings. The van der Waals surface area contributed by atoms with Crippen molar-refractivity contribution in [2.45, 2.75) is 20.0 Å². The van der Waals surface area contributed by atoms with E-state index in [1.165, 1.54) is 24.5 Å². The zero-order chi connectivity index (χ0) is 18.1. The molecule has 7 heteroatoms. The predicted molar refractivity (Wildman–Crippen MR) is 93.3 cm³/mol. The largest absolute Gasteiger partial charge is 0.481 e. The van der Waals surface area contributed by atoms with Gasteiger partial charge in [0.1, 0.15) is 5.82 Å². The Balaban J connectivity index is 2.00. The Hall–Kier alpha value is -1.99. The van der Waals surface area contributed by atoms with Crippen molar-refractivity contribution in [3.05, 3.63) is 34.5 Å². The third kappa shape index (κ3) is 3.39. The minimum atomic E-state index is -0.885. The number of nitrogens with zero attached hydrogens (tertiary/aromatic N) is 1. The number of carbonyl (C=O) groups is 2. The standard InChI is InChI=1S/C18H20FNO4S/c1-10-6-11(18(22)23)8-20(7-10)17(21)16-12(9-24-2)15-13(19)4-3-5-14(15)25-16/h3-5,10-11H,6-9H2,1-2H3,(H,22,23). The number of fused-ring (bicyclic) bond motifs is 1. The molecule has 2 aromatic rings. The summed E-state index contributed by atoms with van der Waals surface area (Å²) >= 11 is 1.23. The topological polar surface area (TPSA) is 66.8 Å². The van der Waals surface area contributed by atoms with E-state index in [1.807, 2.05) is 6.92 Å². The number of carboxylic acids is 1. The van der Waals surface area contributed by atoms with Gasteiger partial charge < -0.3 is 14.7 Å². The molecule has 0 aliphatic carbocycles. The summed E-state index contributed by atoms with van der Waals surface area (Å²) in [6.45, 7) is 2.76. The molecule has 3 rings (SSSR count). The van der Waals surface area contributed by atoms with E-state index < -0.39 is 11.9 Å². The van der Waals surface area contributed by atoms with Crippen LogP contribution >= 0.6 is 11.3 Å². The van der Waals surface area contributed by atoms with Crippen LogP contribution in [-0.2, 0) is 16.1 Å². The molecule has 5 nitrogen and oxygen atoms in total. The van der Waals surface area contributed by atoms with Crippen LogP contribution in [0, 0.1) is 17.7 Å². The number of thiophene rings is 1. The molecule has 0 bridgehead atoms. The second-order valence-electron chi connectivity index (χ2n) is 6.54. The van der Waals surface area contributed by atoms with Crippen molar-refractivity contribution in [2.75, 3.05) is 20.2 Å². The molecule has 1 aromatic heterocycles. The Morgan fingerprint density at radius 2 is 2.16 bits per heavy atom. The van der Waals surface area contributed by atoms with Crippen LogP contribution in [0.3, 0.4) is 0 Å². The first-order valence-corrected chi connectivity index (χ1v) is 8.95. The normalized spacial score (nSPS) is 20.8. The van der Waals surface area contributed by atoms with Crippen molar-refractivity contribution >= 4 is 33.3 Å². The number of ether oxygens (including phenoxy) is 1. The van der Waals surface area contributed by atoms with E-state index in [9.17, 15) is 19.1 Å². The average molecular weight is 365 g/mol. The lowest BCUT2D eigenvalue weighted by molar-refractivity contribution is -0.143. The molecule has 0 saturated carbocycles. The highest BCUT2D eigenvalue weighted by atomic mass is 32.1. The molecule has 2 unspecified atom stereocenters. The van der Waals surface area contributed by atoms with Gasteiger partial charge in [0.25, 0.3) is 5.91 Å². The monoisotopic (exact) mass is 365 g/mol. The van der Waals surface area contributed by atoms with Crippen molar-refractivity contribution < 1.29 is 23.8 Å². The Kier molecular flexibility index (Phi) is 5.06. The summed E-state index contributed by atoms with van der Waals surface area (Å²) in [6, 6.07) is 4.76. The van der Waals surface area contributed by atoms with E-state index in [4.69, 9.17) is 4.74 Å². The second kappa shape index (κ2) is 7.09. The van der Waals surface area contributed by atoms with Crippen LogP contribution in [-0.4, -0.2) is 42.1 Å². The van der Waals surface area contributed by atoms with Crippen LogP contribution in [0.1, 0.15) is 28.6 Å². The number of carboxylic acid groups (broad SMARTS) is 1. The Morgan fingerprint density at radius 3 is 2.84 bits per heavy atom. The lowest BCUT2D eigenvalue weighted by atomic mass is 9.90. The fourth-order valence-corrected chi connectivity index (χ4v) is 4.65. The summed E-state index contributed by atoms with van der Waals surface area (Å²) in [7, 11) is 1.50. The number of benzene rings is 1. The third-order valence-electron chi connectivity index (χ3n) is 4.54. The zero-order valence-corrected chi connectivity index (χ0v) is 14.9. The number of methoxy groups -OCH3 is 1. The Bertz CT molecular complexity index is 819. The van der Waals surface area contributed by atoms with Gasteiger partial charge in [0, 0.05) is 35.8 Å². The van der Waals surface area contributed by atoms with Gasteiger partial charge in [-0.1, -0.05) is 13.0 Å². The molecule has 1 fully saturated rings. The number of hydrogen-bond acceptors (Lipinski definition) is 4. The van der Waals surface area contributed by atoms with Crippen LogP contribution in [0.15, 0.2) is 18.2 Å². The lowest BCUT2D eigenvalue weighted by Gasteiger charge is -2.34. The van der Waals surface area contributed by atoms with Gasteiger partial charge in [-0.25, -0.2) is 4.39 Å². The third-order valence-corrected chi connectivity index (χ3v) is 5.73. The van der Waals surface area contributed by atoms with Gasteiger partial charge in [0.2, 0.25) is 0 Å². The van der Waals surface area contributed by atoms with Gasteiger partial charge in [0.15, 0.2) is 0 Å². The van der Waals surface area contributed by atoms with Crippen LogP contribution in [0.4, 0.5) is 4.39 Å². The minimum absolute atomic E-state index is 0.107. The summed E-state index contributed by atoms with van der Waals surface area (Å²) in [4.78, 5) is 26.4. The van der Waals surface area contributed by atoms with Gasteiger partial charge in [0.05, 0.1) is 17.4 Å². The maximum absolute atomic E-state index is 14.3. The molecule has 134 valence electrons. The van der Waals surface area contributed by atoms with Crippen LogP contribution in [0.2, 0.25) is 0 Å². The average Bonchev–Trinajstić information content (AvgIpc) is 2.94. The van der Waals surface area contributed by atoms with Gasteiger partial charge in [-0.15, -0.1) is 11.3 Å². The van der Waals surface area contributed by atoms with E-state index >= 15 is 0 Å². The summed E-state index contributed by atoms with van der Waals surface area (Å²) in [5, 5.41) is 9.73. The maximum atomic E-state index is 14.3. The molecule has 1 aliphatic heterocycles. The Morgan fingerprint density at radius 1 is 1.40 bits per heavy atom. The number of halogens is 1. The number of piperidine rings is 1. The second-order valence-corrected chi connectivity index (χ2v) is 7.59. The van der Waals surface area contributed by atoms with Gasteiger partial charge in [-0.3, -0.25) is 9.59 Å². The molecule has 25 heavy (non-hydrogen) atoms. The molecule has 0 spiro atoms. The molecule has 1 aromatic carbocycles. The van der Waals surface area contributed by atoms with Crippen molar-refractivity contribution in [3.8, 4) is 0 Å². The number of hydrogen-bond donors (Lipinski definition) is 1. The van der Waals surface area contributed by atoms with Crippen molar-refractivity contribution in [2.24, 2.45) is 11.8 Å². The summed E-state index contributed by atoms with van der Waals surface area (Å²) < 4.78 is 20.1. The number of carbonyl (C=O) groups excluding carboxylic acids is 1. The highest BCUT2D eigenvalue weighted by molar-refractivity contribution is 7.21. The smallest absolute Gasteiger partial charge is 0.308 e. The van der Waals surface area contributed by atoms with E-state index in [0.29, 0.717) is 33.5 Å². The molecule has 0 radical (unpaired) electrons. The maximum Gasteiger partial charge on any atom is 0.308 e. The summed E-state index contributed by atoms with van der Waals surface area (Å²) in [5.41, 5.74) is 0.538. The van der Waals surface area contributed by atoms with Crippen molar-refractivity contribution in [1.29, 1.82) is 0 Å².